The van der Waals surface area contributed by atoms with E-state index in [1.54, 1.807) is 0 Å². The van der Waals surface area contributed by atoms with Crippen LogP contribution in [0.4, 0.5) is 0 Å². The first-order chi connectivity index (χ1) is 9.91. The van der Waals surface area contributed by atoms with E-state index in [9.17, 15) is 0 Å². The normalized spacial score (nSPS) is 11.1. The van der Waals surface area contributed by atoms with Gasteiger partial charge in [0.15, 0.2) is 0 Å². The summed E-state index contributed by atoms with van der Waals surface area (Å²) in [6.45, 7) is 6.70. The van der Waals surface area contributed by atoms with E-state index in [4.69, 9.17) is 0 Å². The molecule has 122 valence electrons. The van der Waals surface area contributed by atoms with Gasteiger partial charge in [0, 0.05) is 26.2 Å². The summed E-state index contributed by atoms with van der Waals surface area (Å²) in [5.41, 5.74) is 0. The SMILES string of the molecule is CNCCNCCCCCCCCCCNCCNC. The number of likely N-dealkylation sites (N-methyl/N-ethyl adjacent to an activating group) is 2. The van der Waals surface area contributed by atoms with Gasteiger partial charge >= 0.3 is 0 Å². The Labute approximate surface area is 126 Å². The van der Waals surface area contributed by atoms with E-state index < -0.39 is 0 Å². The predicted octanol–water partition coefficient (Wildman–Crippen LogP) is 1.73. The summed E-state index contributed by atoms with van der Waals surface area (Å²) in [7, 11) is 4.00. The van der Waals surface area contributed by atoms with Crippen molar-refractivity contribution in [1.82, 2.24) is 21.3 Å². The molecule has 4 N–H and O–H groups in total. The maximum absolute atomic E-state index is 3.45. The molecule has 0 aliphatic rings. The van der Waals surface area contributed by atoms with Crippen LogP contribution in [-0.2, 0) is 0 Å². The van der Waals surface area contributed by atoms with Crippen LogP contribution in [0.15, 0.2) is 0 Å². The molecule has 0 heterocycles. The summed E-state index contributed by atoms with van der Waals surface area (Å²) in [6.07, 6.45) is 11.1. The molecule has 4 nitrogen and oxygen atoms in total. The van der Waals surface area contributed by atoms with Gasteiger partial charge < -0.3 is 21.3 Å². The lowest BCUT2D eigenvalue weighted by molar-refractivity contribution is 0.537. The van der Waals surface area contributed by atoms with Crippen LogP contribution in [0.5, 0.6) is 0 Å². The Morgan fingerprint density at radius 1 is 0.400 bits per heavy atom. The Kier molecular flexibility index (Phi) is 18.7. The molecule has 0 aromatic rings. The van der Waals surface area contributed by atoms with Crippen LogP contribution in [0.2, 0.25) is 0 Å². The van der Waals surface area contributed by atoms with Gasteiger partial charge in [-0.15, -0.1) is 0 Å². The summed E-state index contributed by atoms with van der Waals surface area (Å²) in [6, 6.07) is 0. The summed E-state index contributed by atoms with van der Waals surface area (Å²) in [5.74, 6) is 0. The van der Waals surface area contributed by atoms with Crippen LogP contribution < -0.4 is 21.3 Å². The Morgan fingerprint density at radius 3 is 1.10 bits per heavy atom. The van der Waals surface area contributed by atoms with Gasteiger partial charge in [0.25, 0.3) is 0 Å². The zero-order chi connectivity index (χ0) is 14.7. The second-order valence-electron chi connectivity index (χ2n) is 5.54. The average molecular weight is 287 g/mol. The molecule has 0 bridgehead atoms. The van der Waals surface area contributed by atoms with E-state index in [0.717, 1.165) is 26.2 Å². The van der Waals surface area contributed by atoms with Crippen LogP contribution in [0.1, 0.15) is 51.4 Å². The zero-order valence-corrected chi connectivity index (χ0v) is 13.9. The van der Waals surface area contributed by atoms with Crippen molar-refractivity contribution < 1.29 is 0 Å². The van der Waals surface area contributed by atoms with Crippen LogP contribution in [-0.4, -0.2) is 53.4 Å². The second-order valence-corrected chi connectivity index (χ2v) is 5.54. The van der Waals surface area contributed by atoms with Crippen molar-refractivity contribution in [2.75, 3.05) is 53.4 Å². The van der Waals surface area contributed by atoms with Crippen LogP contribution in [0.25, 0.3) is 0 Å². The molecule has 0 aliphatic heterocycles. The third-order valence-corrected chi connectivity index (χ3v) is 3.56. The molecular formula is C16H38N4. The van der Waals surface area contributed by atoms with E-state index in [1.807, 2.05) is 14.1 Å². The summed E-state index contributed by atoms with van der Waals surface area (Å²) in [4.78, 5) is 0. The van der Waals surface area contributed by atoms with Gasteiger partial charge in [-0.1, -0.05) is 38.5 Å². The van der Waals surface area contributed by atoms with Crippen LogP contribution in [0.3, 0.4) is 0 Å². The quantitative estimate of drug-likeness (QED) is 0.308. The van der Waals surface area contributed by atoms with Crippen LogP contribution in [0, 0.1) is 0 Å². The van der Waals surface area contributed by atoms with Gasteiger partial charge in [0.05, 0.1) is 0 Å². The van der Waals surface area contributed by atoms with E-state index in [-0.39, 0.29) is 0 Å². The van der Waals surface area contributed by atoms with Crippen molar-refractivity contribution in [3.8, 4) is 0 Å². The molecule has 0 unspecified atom stereocenters. The molecule has 4 heteroatoms. The molecule has 0 saturated carbocycles. The Hall–Kier alpha value is -0.160. The first-order valence-electron chi connectivity index (χ1n) is 8.62. The van der Waals surface area contributed by atoms with E-state index >= 15 is 0 Å². The fourth-order valence-electron chi connectivity index (χ4n) is 2.24. The molecule has 0 rings (SSSR count). The monoisotopic (exact) mass is 286 g/mol. The highest BCUT2D eigenvalue weighted by molar-refractivity contribution is 4.53. The van der Waals surface area contributed by atoms with Crippen molar-refractivity contribution in [3.05, 3.63) is 0 Å². The first-order valence-corrected chi connectivity index (χ1v) is 8.62. The summed E-state index contributed by atoms with van der Waals surface area (Å²) < 4.78 is 0. The topological polar surface area (TPSA) is 48.1 Å². The summed E-state index contributed by atoms with van der Waals surface area (Å²) >= 11 is 0. The van der Waals surface area contributed by atoms with Crippen molar-refractivity contribution >= 4 is 0 Å². The van der Waals surface area contributed by atoms with Gasteiger partial charge in [-0.25, -0.2) is 0 Å². The van der Waals surface area contributed by atoms with Gasteiger partial charge in [0.1, 0.15) is 0 Å². The highest BCUT2D eigenvalue weighted by atomic mass is 14.9. The molecule has 20 heavy (non-hydrogen) atoms. The number of nitrogens with one attached hydrogen (secondary N) is 4. The lowest BCUT2D eigenvalue weighted by Crippen LogP contribution is -2.25. The fraction of sp³-hybridized carbons (Fsp3) is 1.00. The van der Waals surface area contributed by atoms with E-state index in [0.29, 0.717) is 0 Å². The van der Waals surface area contributed by atoms with Gasteiger partial charge in [-0.2, -0.15) is 0 Å². The number of rotatable bonds is 17. The van der Waals surface area contributed by atoms with E-state index in [2.05, 4.69) is 21.3 Å². The largest absolute Gasteiger partial charge is 0.318 e. The third-order valence-electron chi connectivity index (χ3n) is 3.56. The smallest absolute Gasteiger partial charge is 0.00766 e. The Balaban J connectivity index is 2.89. The van der Waals surface area contributed by atoms with Crippen molar-refractivity contribution in [2.45, 2.75) is 51.4 Å². The predicted molar refractivity (Wildman–Crippen MR) is 90.5 cm³/mol. The van der Waals surface area contributed by atoms with Gasteiger partial charge in [-0.05, 0) is 40.0 Å². The lowest BCUT2D eigenvalue weighted by atomic mass is 10.1. The number of hydrogen-bond acceptors (Lipinski definition) is 4. The zero-order valence-electron chi connectivity index (χ0n) is 13.9. The molecule has 0 atom stereocenters. The minimum absolute atomic E-state index is 1.07. The standard InChI is InChI=1S/C16H38N4/c1-17-13-15-19-11-9-7-5-3-4-6-8-10-12-20-16-14-18-2/h17-20H,3-16H2,1-2H3. The molecule has 0 radical (unpaired) electrons. The van der Waals surface area contributed by atoms with Gasteiger partial charge in [0.2, 0.25) is 0 Å². The highest BCUT2D eigenvalue weighted by Gasteiger charge is 1.93. The fourth-order valence-corrected chi connectivity index (χ4v) is 2.24. The van der Waals surface area contributed by atoms with Crippen molar-refractivity contribution in [1.29, 1.82) is 0 Å². The highest BCUT2D eigenvalue weighted by Crippen LogP contribution is 2.07. The minimum atomic E-state index is 1.07. The third kappa shape index (κ3) is 17.8. The maximum atomic E-state index is 3.45. The summed E-state index contributed by atoms with van der Waals surface area (Å²) in [5, 5.41) is 13.2. The number of unbranched alkanes of at least 4 members (excludes halogenated alkanes) is 7. The number of hydrogen-bond donors (Lipinski definition) is 4. The molecular weight excluding hydrogens is 248 g/mol. The lowest BCUT2D eigenvalue weighted by Gasteiger charge is -2.05. The van der Waals surface area contributed by atoms with Crippen LogP contribution >= 0.6 is 0 Å². The van der Waals surface area contributed by atoms with Gasteiger partial charge in [-0.3, -0.25) is 0 Å². The van der Waals surface area contributed by atoms with E-state index in [1.165, 1.54) is 64.5 Å². The minimum Gasteiger partial charge on any atom is -0.318 e. The van der Waals surface area contributed by atoms with Crippen molar-refractivity contribution in [3.63, 3.8) is 0 Å². The molecule has 0 aromatic heterocycles. The molecule has 0 aromatic carbocycles. The molecule has 0 amide bonds. The first kappa shape index (κ1) is 19.8. The average Bonchev–Trinajstić information content (AvgIpc) is 2.47. The Morgan fingerprint density at radius 2 is 0.750 bits per heavy atom. The second kappa shape index (κ2) is 18.8. The molecule has 0 saturated heterocycles. The molecule has 0 aliphatic carbocycles. The maximum Gasteiger partial charge on any atom is 0.00766 e. The molecule has 0 spiro atoms. The Bertz CT molecular complexity index is 147. The molecule has 0 fully saturated rings. The van der Waals surface area contributed by atoms with Crippen molar-refractivity contribution in [2.24, 2.45) is 0 Å².